The summed E-state index contributed by atoms with van der Waals surface area (Å²) in [5.41, 5.74) is 6.72. The highest BCUT2D eigenvalue weighted by Gasteiger charge is 2.25. The normalized spacial score (nSPS) is 15.0. The molecule has 1 aromatic heterocycles. The van der Waals surface area contributed by atoms with Gasteiger partial charge in [-0.15, -0.1) is 0 Å². The summed E-state index contributed by atoms with van der Waals surface area (Å²) in [7, 11) is 1.81. The summed E-state index contributed by atoms with van der Waals surface area (Å²) >= 11 is 0. The Morgan fingerprint density at radius 1 is 1.67 bits per heavy atom. The van der Waals surface area contributed by atoms with Gasteiger partial charge in [-0.2, -0.15) is 0 Å². The molecule has 1 fully saturated rings. The van der Waals surface area contributed by atoms with Crippen LogP contribution in [0.1, 0.15) is 23.2 Å². The van der Waals surface area contributed by atoms with E-state index in [2.05, 4.69) is 4.98 Å². The van der Waals surface area contributed by atoms with Gasteiger partial charge in [0.25, 0.3) is 5.91 Å². The zero-order valence-corrected chi connectivity index (χ0v) is 8.81. The monoisotopic (exact) mass is 205 g/mol. The standard InChI is InChI=1S/C11H15N3O/c1-14(7-8-2-3-8)11(15)9-6-13-5-4-10(9)12/h4-6,8H,2-3,7H2,1H3,(H2,12,13). The van der Waals surface area contributed by atoms with Gasteiger partial charge in [-0.05, 0) is 24.8 Å². The molecule has 1 amide bonds. The van der Waals surface area contributed by atoms with E-state index in [1.165, 1.54) is 19.0 Å². The first-order chi connectivity index (χ1) is 7.18. The van der Waals surface area contributed by atoms with E-state index in [1.54, 1.807) is 17.2 Å². The molecule has 1 aliphatic carbocycles. The van der Waals surface area contributed by atoms with Crippen LogP contribution >= 0.6 is 0 Å². The molecule has 0 spiro atoms. The fraction of sp³-hybridized carbons (Fsp3) is 0.455. The molecule has 1 aromatic rings. The Kier molecular flexibility index (Phi) is 2.58. The van der Waals surface area contributed by atoms with E-state index < -0.39 is 0 Å². The van der Waals surface area contributed by atoms with Gasteiger partial charge < -0.3 is 10.6 Å². The third-order valence-corrected chi connectivity index (χ3v) is 2.66. The Bertz CT molecular complexity index is 374. The van der Waals surface area contributed by atoms with Crippen molar-refractivity contribution < 1.29 is 4.79 Å². The number of nitrogens with zero attached hydrogens (tertiary/aromatic N) is 2. The topological polar surface area (TPSA) is 59.2 Å². The summed E-state index contributed by atoms with van der Waals surface area (Å²) in [6.07, 6.45) is 5.59. The van der Waals surface area contributed by atoms with Gasteiger partial charge in [0.2, 0.25) is 0 Å². The van der Waals surface area contributed by atoms with Gasteiger partial charge in [0.05, 0.1) is 5.56 Å². The predicted molar refractivity (Wildman–Crippen MR) is 58.3 cm³/mol. The molecule has 0 radical (unpaired) electrons. The number of nitrogens with two attached hydrogens (primary N) is 1. The molecule has 0 bridgehead atoms. The van der Waals surface area contributed by atoms with Gasteiger partial charge in [0.15, 0.2) is 0 Å². The Hall–Kier alpha value is -1.58. The molecular weight excluding hydrogens is 190 g/mol. The maximum absolute atomic E-state index is 11.9. The molecule has 0 saturated heterocycles. The molecule has 0 aliphatic heterocycles. The number of pyridine rings is 1. The molecule has 1 saturated carbocycles. The smallest absolute Gasteiger partial charge is 0.257 e. The van der Waals surface area contributed by atoms with Crippen LogP contribution in [-0.2, 0) is 0 Å². The van der Waals surface area contributed by atoms with Crippen molar-refractivity contribution in [3.05, 3.63) is 24.0 Å². The number of aromatic nitrogens is 1. The lowest BCUT2D eigenvalue weighted by molar-refractivity contribution is 0.0789. The van der Waals surface area contributed by atoms with Crippen LogP contribution in [0.25, 0.3) is 0 Å². The maximum Gasteiger partial charge on any atom is 0.257 e. The second-order valence-electron chi connectivity index (χ2n) is 4.09. The van der Waals surface area contributed by atoms with Crippen LogP contribution in [0.4, 0.5) is 5.69 Å². The molecule has 80 valence electrons. The summed E-state index contributed by atoms with van der Waals surface area (Å²) in [5, 5.41) is 0. The molecule has 1 heterocycles. The molecule has 2 rings (SSSR count). The van der Waals surface area contributed by atoms with Gasteiger partial charge in [-0.3, -0.25) is 9.78 Å². The average molecular weight is 205 g/mol. The predicted octanol–water partition coefficient (Wildman–Crippen LogP) is 1.15. The molecule has 1 aliphatic rings. The van der Waals surface area contributed by atoms with Crippen LogP contribution in [0.15, 0.2) is 18.5 Å². The summed E-state index contributed by atoms with van der Waals surface area (Å²) in [6, 6.07) is 1.65. The summed E-state index contributed by atoms with van der Waals surface area (Å²) < 4.78 is 0. The van der Waals surface area contributed by atoms with Gasteiger partial charge in [0, 0.05) is 31.7 Å². The molecule has 15 heavy (non-hydrogen) atoms. The number of carbonyl (C=O) groups is 1. The Labute approximate surface area is 89.1 Å². The number of hydrogen-bond donors (Lipinski definition) is 1. The summed E-state index contributed by atoms with van der Waals surface area (Å²) in [6.45, 7) is 0.827. The van der Waals surface area contributed by atoms with Crippen molar-refractivity contribution in [2.45, 2.75) is 12.8 Å². The third-order valence-electron chi connectivity index (χ3n) is 2.66. The van der Waals surface area contributed by atoms with E-state index in [4.69, 9.17) is 5.73 Å². The SMILES string of the molecule is CN(CC1CC1)C(=O)c1cnccc1N. The van der Waals surface area contributed by atoms with E-state index in [0.29, 0.717) is 17.2 Å². The minimum Gasteiger partial charge on any atom is -0.398 e. The summed E-state index contributed by atoms with van der Waals surface area (Å²) in [5.74, 6) is 0.657. The van der Waals surface area contributed by atoms with Crippen molar-refractivity contribution in [1.29, 1.82) is 0 Å². The van der Waals surface area contributed by atoms with E-state index in [0.717, 1.165) is 6.54 Å². The molecule has 4 heteroatoms. The average Bonchev–Trinajstić information content (AvgIpc) is 3.01. The van der Waals surface area contributed by atoms with Crippen LogP contribution in [-0.4, -0.2) is 29.4 Å². The first-order valence-electron chi connectivity index (χ1n) is 5.13. The van der Waals surface area contributed by atoms with Gasteiger partial charge in [-0.25, -0.2) is 0 Å². The lowest BCUT2D eigenvalue weighted by Gasteiger charge is -2.17. The second kappa shape index (κ2) is 3.88. The fourth-order valence-corrected chi connectivity index (χ4v) is 1.56. The first kappa shape index (κ1) is 9.96. The Morgan fingerprint density at radius 3 is 3.00 bits per heavy atom. The maximum atomic E-state index is 11.9. The van der Waals surface area contributed by atoms with Crippen molar-refractivity contribution in [2.75, 3.05) is 19.3 Å². The number of carbonyl (C=O) groups excluding carboxylic acids is 1. The van der Waals surface area contributed by atoms with Crippen molar-refractivity contribution in [2.24, 2.45) is 5.92 Å². The number of nitrogen functional groups attached to an aromatic ring is 1. The van der Waals surface area contributed by atoms with E-state index in [1.807, 2.05) is 7.05 Å². The van der Waals surface area contributed by atoms with Crippen LogP contribution < -0.4 is 5.73 Å². The molecule has 4 nitrogen and oxygen atoms in total. The minimum absolute atomic E-state index is 0.0347. The lowest BCUT2D eigenvalue weighted by Crippen LogP contribution is -2.29. The van der Waals surface area contributed by atoms with Crippen LogP contribution in [0.3, 0.4) is 0 Å². The summed E-state index contributed by atoms with van der Waals surface area (Å²) in [4.78, 5) is 17.6. The highest BCUT2D eigenvalue weighted by Crippen LogP contribution is 2.29. The third kappa shape index (κ3) is 2.26. The van der Waals surface area contributed by atoms with Crippen molar-refractivity contribution in [1.82, 2.24) is 9.88 Å². The zero-order valence-electron chi connectivity index (χ0n) is 8.81. The molecular formula is C11H15N3O. The molecule has 0 atom stereocenters. The van der Waals surface area contributed by atoms with Crippen molar-refractivity contribution >= 4 is 11.6 Å². The quantitative estimate of drug-likeness (QED) is 0.805. The molecule has 0 unspecified atom stereocenters. The number of amides is 1. The zero-order chi connectivity index (χ0) is 10.8. The fourth-order valence-electron chi connectivity index (χ4n) is 1.56. The Morgan fingerprint density at radius 2 is 2.40 bits per heavy atom. The Balaban J connectivity index is 2.08. The number of anilines is 1. The van der Waals surface area contributed by atoms with Crippen LogP contribution in [0.2, 0.25) is 0 Å². The minimum atomic E-state index is -0.0347. The van der Waals surface area contributed by atoms with E-state index in [9.17, 15) is 4.79 Å². The molecule has 0 aromatic carbocycles. The number of hydrogen-bond acceptors (Lipinski definition) is 3. The van der Waals surface area contributed by atoms with Gasteiger partial charge >= 0.3 is 0 Å². The van der Waals surface area contributed by atoms with Crippen molar-refractivity contribution in [3.63, 3.8) is 0 Å². The highest BCUT2D eigenvalue weighted by atomic mass is 16.2. The van der Waals surface area contributed by atoms with Gasteiger partial charge in [0.1, 0.15) is 0 Å². The highest BCUT2D eigenvalue weighted by molar-refractivity contribution is 5.98. The van der Waals surface area contributed by atoms with Crippen LogP contribution in [0.5, 0.6) is 0 Å². The molecule has 2 N–H and O–H groups in total. The largest absolute Gasteiger partial charge is 0.398 e. The lowest BCUT2D eigenvalue weighted by atomic mass is 10.2. The van der Waals surface area contributed by atoms with Crippen molar-refractivity contribution in [3.8, 4) is 0 Å². The van der Waals surface area contributed by atoms with Crippen LogP contribution in [0, 0.1) is 5.92 Å². The van der Waals surface area contributed by atoms with Gasteiger partial charge in [-0.1, -0.05) is 0 Å². The number of rotatable bonds is 3. The second-order valence-corrected chi connectivity index (χ2v) is 4.09. The van der Waals surface area contributed by atoms with E-state index >= 15 is 0 Å². The first-order valence-corrected chi connectivity index (χ1v) is 5.13. The van der Waals surface area contributed by atoms with E-state index in [-0.39, 0.29) is 5.91 Å².